The smallest absolute Gasteiger partial charge is 0.306 e. The third kappa shape index (κ3) is 4.61. The number of benzene rings is 1. The molecule has 2 aromatic rings. The number of ether oxygens (including phenoxy) is 1. The van der Waals surface area contributed by atoms with Crippen molar-refractivity contribution < 1.29 is 14.3 Å². The van der Waals surface area contributed by atoms with Crippen LogP contribution in [0.1, 0.15) is 43.2 Å². The molecule has 0 radical (unpaired) electrons. The number of nitrogens with zero attached hydrogens (tertiary/aromatic N) is 2. The van der Waals surface area contributed by atoms with Crippen molar-refractivity contribution in [3.05, 3.63) is 51.8 Å². The molecule has 4 rings (SSSR count). The molecule has 28 heavy (non-hydrogen) atoms. The first-order chi connectivity index (χ1) is 13.6. The average molecular weight is 399 g/mol. The van der Waals surface area contributed by atoms with Crippen LogP contribution in [-0.4, -0.2) is 23.1 Å². The molecule has 0 spiro atoms. The zero-order chi connectivity index (χ0) is 19.5. The van der Waals surface area contributed by atoms with Crippen molar-refractivity contribution in [3.63, 3.8) is 0 Å². The number of hydrogen-bond acceptors (Lipinski definition) is 4. The second-order valence-electron chi connectivity index (χ2n) is 8.10. The molecule has 2 fully saturated rings. The Labute approximate surface area is 169 Å². The van der Waals surface area contributed by atoms with Crippen LogP contribution in [0, 0.1) is 24.7 Å². The van der Waals surface area contributed by atoms with Gasteiger partial charge in [0.15, 0.2) is 11.4 Å². The fraction of sp³-hybridized carbons (Fsp3) is 0.500. The number of carbonyl (C=O) groups is 2. The van der Waals surface area contributed by atoms with E-state index in [-0.39, 0.29) is 12.6 Å². The van der Waals surface area contributed by atoms with E-state index >= 15 is 0 Å². The highest BCUT2D eigenvalue weighted by molar-refractivity contribution is 7.07. The van der Waals surface area contributed by atoms with Crippen molar-refractivity contribution in [2.24, 2.45) is 22.7 Å². The van der Waals surface area contributed by atoms with Gasteiger partial charge in [-0.2, -0.15) is 4.99 Å². The summed E-state index contributed by atoms with van der Waals surface area (Å²) in [6.45, 7) is 2.43. The molecule has 148 valence electrons. The van der Waals surface area contributed by atoms with Gasteiger partial charge >= 0.3 is 5.97 Å². The molecule has 1 heterocycles. The van der Waals surface area contributed by atoms with Crippen LogP contribution in [0.15, 0.2) is 40.8 Å². The van der Waals surface area contributed by atoms with Crippen molar-refractivity contribution in [2.45, 2.75) is 45.6 Å². The fourth-order valence-corrected chi connectivity index (χ4v) is 5.32. The maximum Gasteiger partial charge on any atom is 0.306 e. The van der Waals surface area contributed by atoms with Crippen LogP contribution in [0.2, 0.25) is 0 Å². The van der Waals surface area contributed by atoms with Gasteiger partial charge in [0.25, 0.3) is 5.91 Å². The highest BCUT2D eigenvalue weighted by Gasteiger charge is 2.40. The molecular weight excluding hydrogens is 372 g/mol. The summed E-state index contributed by atoms with van der Waals surface area (Å²) in [6, 6.07) is 8.28. The molecule has 0 unspecified atom stereocenters. The summed E-state index contributed by atoms with van der Waals surface area (Å²) in [5.41, 5.74) is 2.36. The van der Waals surface area contributed by atoms with Crippen LogP contribution < -0.4 is 4.80 Å². The van der Waals surface area contributed by atoms with Crippen LogP contribution in [0.5, 0.6) is 0 Å². The Morgan fingerprint density at radius 2 is 2.04 bits per heavy atom. The molecule has 1 aromatic heterocycles. The van der Waals surface area contributed by atoms with Gasteiger partial charge in [0, 0.05) is 24.5 Å². The zero-order valence-corrected chi connectivity index (χ0v) is 17.0. The van der Waals surface area contributed by atoms with Gasteiger partial charge < -0.3 is 9.30 Å². The summed E-state index contributed by atoms with van der Waals surface area (Å²) in [5, 5.41) is 1.90. The number of carbonyl (C=O) groups excluding carboxylic acids is 2. The number of hydrogen-bond donors (Lipinski definition) is 0. The molecule has 6 heteroatoms. The molecule has 2 aliphatic rings. The van der Waals surface area contributed by atoms with Crippen LogP contribution in [0.25, 0.3) is 0 Å². The Morgan fingerprint density at radius 3 is 2.75 bits per heavy atom. The highest BCUT2D eigenvalue weighted by atomic mass is 32.1. The lowest BCUT2D eigenvalue weighted by Crippen LogP contribution is -2.21. The van der Waals surface area contributed by atoms with E-state index in [1.54, 1.807) is 0 Å². The van der Waals surface area contributed by atoms with E-state index in [0.717, 1.165) is 17.9 Å². The Bertz CT molecular complexity index is 912. The Kier molecular flexibility index (Phi) is 5.76. The molecule has 1 amide bonds. The summed E-state index contributed by atoms with van der Waals surface area (Å²) < 4.78 is 7.14. The molecule has 0 N–H and O–H groups in total. The van der Waals surface area contributed by atoms with E-state index in [2.05, 4.69) is 36.2 Å². The monoisotopic (exact) mass is 398 g/mol. The van der Waals surface area contributed by atoms with Crippen LogP contribution >= 0.6 is 11.3 Å². The summed E-state index contributed by atoms with van der Waals surface area (Å²) in [7, 11) is 0. The lowest BCUT2D eigenvalue weighted by Gasteiger charge is -2.20. The standard InChI is InChI=1S/C22H26N2O3S/c1-15-2-4-16(5-3-15)13-24-8-9-28-22(24)23-20(25)14-27-21(26)12-19-11-17-6-7-18(19)10-17/h2-5,8-9,17-19H,6-7,10-14H2,1H3/t17-,18-,19-/m1/s1. The number of esters is 1. The largest absolute Gasteiger partial charge is 0.455 e. The molecular formula is C22H26N2O3S. The lowest BCUT2D eigenvalue weighted by molar-refractivity contribution is -0.149. The van der Waals surface area contributed by atoms with Crippen molar-refractivity contribution in [2.75, 3.05) is 6.61 Å². The van der Waals surface area contributed by atoms with E-state index in [1.165, 1.54) is 36.2 Å². The Balaban J connectivity index is 1.30. The fourth-order valence-electron chi connectivity index (χ4n) is 4.58. The van der Waals surface area contributed by atoms with Gasteiger partial charge in [-0.15, -0.1) is 11.3 Å². The number of aryl methyl sites for hydroxylation is 1. The van der Waals surface area contributed by atoms with Gasteiger partial charge in [0.05, 0.1) is 0 Å². The minimum absolute atomic E-state index is 0.264. The number of amides is 1. The van der Waals surface area contributed by atoms with Crippen LogP contribution in [0.4, 0.5) is 0 Å². The number of rotatable bonds is 6. The molecule has 2 aliphatic carbocycles. The maximum absolute atomic E-state index is 12.2. The Hall–Kier alpha value is -2.21. The predicted octanol–water partition coefficient (Wildman–Crippen LogP) is 3.70. The molecule has 2 saturated carbocycles. The lowest BCUT2D eigenvalue weighted by atomic mass is 9.86. The van der Waals surface area contributed by atoms with Gasteiger partial charge in [-0.05, 0) is 49.5 Å². The quantitative estimate of drug-likeness (QED) is 0.697. The van der Waals surface area contributed by atoms with Gasteiger partial charge in [-0.3, -0.25) is 9.59 Å². The minimum atomic E-state index is -0.415. The summed E-state index contributed by atoms with van der Waals surface area (Å²) >= 11 is 1.40. The van der Waals surface area contributed by atoms with Gasteiger partial charge in [-0.1, -0.05) is 36.2 Å². The number of aromatic nitrogens is 1. The third-order valence-corrected chi connectivity index (χ3v) is 6.82. The summed E-state index contributed by atoms with van der Waals surface area (Å²) in [6.07, 6.45) is 7.34. The average Bonchev–Trinajstić information content (AvgIpc) is 3.40. The Morgan fingerprint density at radius 1 is 1.21 bits per heavy atom. The van der Waals surface area contributed by atoms with Crippen LogP contribution in [0.3, 0.4) is 0 Å². The molecule has 3 atom stereocenters. The minimum Gasteiger partial charge on any atom is -0.455 e. The number of thiazole rings is 1. The summed E-state index contributed by atoms with van der Waals surface area (Å²) in [5.74, 6) is 1.26. The number of fused-ring (bicyclic) bond motifs is 2. The zero-order valence-electron chi connectivity index (χ0n) is 16.2. The van der Waals surface area contributed by atoms with E-state index in [9.17, 15) is 9.59 Å². The van der Waals surface area contributed by atoms with E-state index in [4.69, 9.17) is 4.74 Å². The van der Waals surface area contributed by atoms with Crippen molar-refractivity contribution in [1.29, 1.82) is 0 Å². The maximum atomic E-state index is 12.2. The SMILES string of the molecule is Cc1ccc(Cn2ccsc2=NC(=O)COC(=O)C[C@H]2C[C@@H]3CC[C@@H]2C3)cc1. The van der Waals surface area contributed by atoms with Crippen molar-refractivity contribution in [3.8, 4) is 0 Å². The van der Waals surface area contributed by atoms with Gasteiger partial charge in [0.2, 0.25) is 0 Å². The molecule has 5 nitrogen and oxygen atoms in total. The highest BCUT2D eigenvalue weighted by Crippen LogP contribution is 2.49. The van der Waals surface area contributed by atoms with Gasteiger partial charge in [-0.25, -0.2) is 0 Å². The van der Waals surface area contributed by atoms with Crippen molar-refractivity contribution >= 4 is 23.2 Å². The predicted molar refractivity (Wildman–Crippen MR) is 108 cm³/mol. The van der Waals surface area contributed by atoms with Gasteiger partial charge in [0.1, 0.15) is 0 Å². The first-order valence-electron chi connectivity index (χ1n) is 9.99. The topological polar surface area (TPSA) is 60.7 Å². The first-order valence-corrected chi connectivity index (χ1v) is 10.9. The van der Waals surface area contributed by atoms with E-state index in [1.807, 2.05) is 16.1 Å². The van der Waals surface area contributed by atoms with E-state index in [0.29, 0.717) is 29.6 Å². The molecule has 2 bridgehead atoms. The molecule has 0 aliphatic heterocycles. The van der Waals surface area contributed by atoms with Crippen molar-refractivity contribution in [1.82, 2.24) is 4.57 Å². The normalized spacial score (nSPS) is 23.9. The first kappa shape index (κ1) is 19.1. The second kappa shape index (κ2) is 8.43. The second-order valence-corrected chi connectivity index (χ2v) is 8.98. The van der Waals surface area contributed by atoms with Crippen LogP contribution in [-0.2, 0) is 20.9 Å². The van der Waals surface area contributed by atoms with E-state index < -0.39 is 5.91 Å². The third-order valence-electron chi connectivity index (χ3n) is 6.02. The molecule has 1 aromatic carbocycles. The molecule has 0 saturated heterocycles. The summed E-state index contributed by atoms with van der Waals surface area (Å²) in [4.78, 5) is 29.0.